The second-order valence-corrected chi connectivity index (χ2v) is 6.25. The minimum Gasteiger partial charge on any atom is -0.373 e. The molecule has 0 spiro atoms. The summed E-state index contributed by atoms with van der Waals surface area (Å²) in [5.41, 5.74) is 0.641. The van der Waals surface area contributed by atoms with Crippen LogP contribution in [0.5, 0.6) is 0 Å². The van der Waals surface area contributed by atoms with Gasteiger partial charge in [0.15, 0.2) is 5.82 Å². The Labute approximate surface area is 147 Å². The number of hydrogen-bond acceptors (Lipinski definition) is 5. The number of ether oxygens (including phenoxy) is 1. The van der Waals surface area contributed by atoms with E-state index in [1.807, 2.05) is 12.3 Å². The molecule has 8 heteroatoms. The van der Waals surface area contributed by atoms with E-state index >= 15 is 0 Å². The molecule has 8 nitrogen and oxygen atoms in total. The van der Waals surface area contributed by atoms with Crippen molar-refractivity contribution < 1.29 is 9.53 Å². The van der Waals surface area contributed by atoms with Crippen LogP contribution in [0.3, 0.4) is 0 Å². The van der Waals surface area contributed by atoms with Gasteiger partial charge in [0, 0.05) is 38.6 Å². The van der Waals surface area contributed by atoms with E-state index in [0.29, 0.717) is 18.1 Å². The molecule has 1 fully saturated rings. The van der Waals surface area contributed by atoms with Gasteiger partial charge in [0.05, 0.1) is 24.1 Å². The number of nitrogens with one attached hydrogen (secondary N) is 2. The molecule has 1 aliphatic rings. The van der Waals surface area contributed by atoms with Gasteiger partial charge >= 0.3 is 6.03 Å². The number of morpholine rings is 1. The van der Waals surface area contributed by atoms with Gasteiger partial charge in [-0.3, -0.25) is 4.90 Å². The van der Waals surface area contributed by atoms with Gasteiger partial charge in [0.2, 0.25) is 0 Å². The number of urea groups is 1. The maximum Gasteiger partial charge on any atom is 0.319 e. The third-order valence-corrected chi connectivity index (χ3v) is 3.95. The van der Waals surface area contributed by atoms with E-state index in [0.717, 1.165) is 19.6 Å². The lowest BCUT2D eigenvalue weighted by Crippen LogP contribution is -2.48. The van der Waals surface area contributed by atoms with Crippen molar-refractivity contribution >= 4 is 11.7 Å². The summed E-state index contributed by atoms with van der Waals surface area (Å²) < 4.78 is 7.37. The number of aromatic nitrogens is 3. The maximum atomic E-state index is 12.0. The summed E-state index contributed by atoms with van der Waals surface area (Å²) in [5, 5.41) is 9.77. The molecule has 25 heavy (non-hydrogen) atoms. The highest BCUT2D eigenvalue weighted by atomic mass is 16.5. The van der Waals surface area contributed by atoms with Crippen LogP contribution in [0.4, 0.5) is 10.5 Å². The van der Waals surface area contributed by atoms with Gasteiger partial charge in [-0.15, -0.1) is 0 Å². The molecule has 0 aromatic carbocycles. The number of amides is 2. The third kappa shape index (κ3) is 5.01. The van der Waals surface area contributed by atoms with Crippen molar-refractivity contribution in [2.45, 2.75) is 26.1 Å². The molecule has 2 N–H and O–H groups in total. The van der Waals surface area contributed by atoms with Crippen molar-refractivity contribution in [3.05, 3.63) is 36.8 Å². The van der Waals surface area contributed by atoms with Gasteiger partial charge in [-0.05, 0) is 32.0 Å². The van der Waals surface area contributed by atoms with Crippen LogP contribution in [0.1, 0.15) is 13.8 Å². The molecular weight excluding hydrogens is 320 g/mol. The van der Waals surface area contributed by atoms with Crippen molar-refractivity contribution in [3.63, 3.8) is 0 Å². The van der Waals surface area contributed by atoms with Crippen molar-refractivity contribution in [3.8, 4) is 5.82 Å². The van der Waals surface area contributed by atoms with E-state index in [1.165, 1.54) is 0 Å². The predicted molar refractivity (Wildman–Crippen MR) is 94.8 cm³/mol. The topological polar surface area (TPSA) is 84.3 Å². The fraction of sp³-hybridized carbons (Fsp3) is 0.471. The number of anilines is 1. The minimum atomic E-state index is -0.233. The number of hydrogen-bond donors (Lipinski definition) is 2. The second-order valence-electron chi connectivity index (χ2n) is 6.25. The SMILES string of the molecule is CC1CN(CCNC(=O)Nc2ccc(-n3cccn3)nc2)CC(C)O1. The van der Waals surface area contributed by atoms with E-state index in [-0.39, 0.29) is 18.2 Å². The van der Waals surface area contributed by atoms with Crippen LogP contribution in [0.25, 0.3) is 5.82 Å². The van der Waals surface area contributed by atoms with Crippen molar-refractivity contribution in [1.29, 1.82) is 0 Å². The summed E-state index contributed by atoms with van der Waals surface area (Å²) in [5.74, 6) is 0.700. The van der Waals surface area contributed by atoms with E-state index in [4.69, 9.17) is 4.74 Å². The van der Waals surface area contributed by atoms with Crippen LogP contribution >= 0.6 is 0 Å². The minimum absolute atomic E-state index is 0.233. The summed E-state index contributed by atoms with van der Waals surface area (Å²) in [6.07, 6.45) is 5.59. The molecule has 2 aromatic heterocycles. The molecule has 0 bridgehead atoms. The first kappa shape index (κ1) is 17.4. The Morgan fingerprint density at radius 2 is 2.12 bits per heavy atom. The first-order valence-corrected chi connectivity index (χ1v) is 8.49. The van der Waals surface area contributed by atoms with Crippen LogP contribution in [-0.2, 0) is 4.74 Å². The molecule has 2 amide bonds. The molecule has 0 saturated carbocycles. The Morgan fingerprint density at radius 1 is 1.32 bits per heavy atom. The van der Waals surface area contributed by atoms with Gasteiger partial charge < -0.3 is 15.4 Å². The first-order valence-electron chi connectivity index (χ1n) is 8.49. The molecular formula is C17H24N6O2. The highest BCUT2D eigenvalue weighted by Crippen LogP contribution is 2.10. The van der Waals surface area contributed by atoms with Crippen LogP contribution in [-0.4, -0.2) is 64.1 Å². The van der Waals surface area contributed by atoms with Gasteiger partial charge in [0.1, 0.15) is 0 Å². The fourth-order valence-electron chi connectivity index (χ4n) is 2.97. The summed E-state index contributed by atoms with van der Waals surface area (Å²) in [6, 6.07) is 5.20. The average Bonchev–Trinajstić information content (AvgIpc) is 3.09. The van der Waals surface area contributed by atoms with Gasteiger partial charge in [-0.2, -0.15) is 5.10 Å². The molecule has 134 valence electrons. The van der Waals surface area contributed by atoms with Gasteiger partial charge in [-0.25, -0.2) is 14.5 Å². The van der Waals surface area contributed by atoms with Crippen LogP contribution < -0.4 is 10.6 Å². The zero-order valence-corrected chi connectivity index (χ0v) is 14.6. The highest BCUT2D eigenvalue weighted by molar-refractivity contribution is 5.89. The van der Waals surface area contributed by atoms with Gasteiger partial charge in [0.25, 0.3) is 0 Å². The number of carbonyl (C=O) groups excluding carboxylic acids is 1. The normalized spacial score (nSPS) is 21.0. The zero-order chi connectivity index (χ0) is 17.6. The predicted octanol–water partition coefficient (Wildman–Crippen LogP) is 1.50. The Bertz CT molecular complexity index is 663. The Morgan fingerprint density at radius 3 is 2.76 bits per heavy atom. The van der Waals surface area contributed by atoms with Crippen LogP contribution in [0.2, 0.25) is 0 Å². The number of carbonyl (C=O) groups is 1. The lowest BCUT2D eigenvalue weighted by Gasteiger charge is -2.35. The number of rotatable bonds is 5. The number of pyridine rings is 1. The van der Waals surface area contributed by atoms with E-state index in [1.54, 1.807) is 29.2 Å². The Hall–Kier alpha value is -2.45. The van der Waals surface area contributed by atoms with E-state index in [9.17, 15) is 4.79 Å². The summed E-state index contributed by atoms with van der Waals surface area (Å²) in [7, 11) is 0. The molecule has 1 aliphatic heterocycles. The summed E-state index contributed by atoms with van der Waals surface area (Å²) in [6.45, 7) is 7.33. The van der Waals surface area contributed by atoms with Crippen LogP contribution in [0.15, 0.2) is 36.8 Å². The molecule has 2 atom stereocenters. The van der Waals surface area contributed by atoms with E-state index in [2.05, 4.69) is 39.5 Å². The maximum absolute atomic E-state index is 12.0. The second kappa shape index (κ2) is 8.09. The molecule has 2 aromatic rings. The zero-order valence-electron chi connectivity index (χ0n) is 14.6. The lowest BCUT2D eigenvalue weighted by atomic mass is 10.2. The third-order valence-electron chi connectivity index (χ3n) is 3.95. The molecule has 0 radical (unpaired) electrons. The number of nitrogens with zero attached hydrogens (tertiary/aromatic N) is 4. The van der Waals surface area contributed by atoms with Crippen molar-refractivity contribution in [1.82, 2.24) is 25.0 Å². The Kier molecular flexibility index (Phi) is 5.62. The summed E-state index contributed by atoms with van der Waals surface area (Å²) >= 11 is 0. The molecule has 3 heterocycles. The molecule has 3 rings (SSSR count). The van der Waals surface area contributed by atoms with Crippen LogP contribution in [0, 0.1) is 0 Å². The fourth-order valence-corrected chi connectivity index (χ4v) is 2.97. The largest absolute Gasteiger partial charge is 0.373 e. The Balaban J connectivity index is 1.42. The van der Waals surface area contributed by atoms with Crippen molar-refractivity contribution in [2.75, 3.05) is 31.5 Å². The molecule has 1 saturated heterocycles. The smallest absolute Gasteiger partial charge is 0.319 e. The summed E-state index contributed by atoms with van der Waals surface area (Å²) in [4.78, 5) is 18.6. The van der Waals surface area contributed by atoms with Crippen molar-refractivity contribution in [2.24, 2.45) is 0 Å². The quantitative estimate of drug-likeness (QED) is 0.859. The monoisotopic (exact) mass is 344 g/mol. The first-order chi connectivity index (χ1) is 12.1. The van der Waals surface area contributed by atoms with E-state index < -0.39 is 0 Å². The molecule has 2 unspecified atom stereocenters. The highest BCUT2D eigenvalue weighted by Gasteiger charge is 2.21. The standard InChI is InChI=1S/C17H24N6O2/c1-13-11-22(12-14(2)25-13)9-7-18-17(24)21-15-4-5-16(19-10-15)23-8-3-6-20-23/h3-6,8,10,13-14H,7,9,11-12H2,1-2H3,(H2,18,21,24). The molecule has 0 aliphatic carbocycles. The van der Waals surface area contributed by atoms with Gasteiger partial charge in [-0.1, -0.05) is 0 Å². The average molecular weight is 344 g/mol. The lowest BCUT2D eigenvalue weighted by molar-refractivity contribution is -0.0672.